The lowest BCUT2D eigenvalue weighted by atomic mass is 10.1. The maximum atomic E-state index is 12.7. The van der Waals surface area contributed by atoms with Crippen LogP contribution in [0.3, 0.4) is 0 Å². The maximum absolute atomic E-state index is 12.7. The van der Waals surface area contributed by atoms with Crippen molar-refractivity contribution in [3.05, 3.63) is 83.9 Å². The SMILES string of the molecule is O=C(Nc1ccc(N2CCOCC2)cc1)c1ccc(C(=O)Nc2ccc(N3CCOCC3)cc2)cc1. The van der Waals surface area contributed by atoms with Gasteiger partial charge in [-0.3, -0.25) is 9.59 Å². The molecular weight excluding hydrogens is 456 g/mol. The lowest BCUT2D eigenvalue weighted by Gasteiger charge is -2.28. The Kier molecular flexibility index (Phi) is 7.44. The summed E-state index contributed by atoms with van der Waals surface area (Å²) in [6.07, 6.45) is 0. The summed E-state index contributed by atoms with van der Waals surface area (Å²) >= 11 is 0. The van der Waals surface area contributed by atoms with E-state index in [4.69, 9.17) is 9.47 Å². The molecule has 0 spiro atoms. The molecule has 0 unspecified atom stereocenters. The minimum Gasteiger partial charge on any atom is -0.378 e. The van der Waals surface area contributed by atoms with Crippen molar-refractivity contribution in [2.45, 2.75) is 0 Å². The number of rotatable bonds is 6. The van der Waals surface area contributed by atoms with Crippen molar-refractivity contribution in [1.82, 2.24) is 0 Å². The lowest BCUT2D eigenvalue weighted by molar-refractivity contribution is 0.101. The molecule has 0 aromatic heterocycles. The summed E-state index contributed by atoms with van der Waals surface area (Å²) in [7, 11) is 0. The summed E-state index contributed by atoms with van der Waals surface area (Å²) in [5.74, 6) is -0.445. The van der Waals surface area contributed by atoms with Gasteiger partial charge in [0.1, 0.15) is 0 Å². The molecule has 186 valence electrons. The van der Waals surface area contributed by atoms with E-state index in [2.05, 4.69) is 20.4 Å². The molecule has 36 heavy (non-hydrogen) atoms. The van der Waals surface area contributed by atoms with Crippen molar-refractivity contribution >= 4 is 34.6 Å². The topological polar surface area (TPSA) is 83.1 Å². The van der Waals surface area contributed by atoms with Crippen LogP contribution < -0.4 is 20.4 Å². The molecule has 2 heterocycles. The third kappa shape index (κ3) is 5.84. The Morgan fingerprint density at radius 2 is 0.861 bits per heavy atom. The maximum Gasteiger partial charge on any atom is 0.255 e. The van der Waals surface area contributed by atoms with Crippen LogP contribution in [0.15, 0.2) is 72.8 Å². The summed E-state index contributed by atoms with van der Waals surface area (Å²) in [6, 6.07) is 22.2. The number of carbonyl (C=O) groups excluding carboxylic acids is 2. The molecule has 2 aliphatic rings. The molecule has 0 radical (unpaired) electrons. The minimum atomic E-state index is -0.222. The molecule has 0 saturated carbocycles. The minimum absolute atomic E-state index is 0.222. The summed E-state index contributed by atoms with van der Waals surface area (Å²) in [6.45, 7) is 6.39. The molecule has 2 N–H and O–H groups in total. The van der Waals surface area contributed by atoms with Crippen LogP contribution in [-0.2, 0) is 9.47 Å². The number of anilines is 4. The van der Waals surface area contributed by atoms with E-state index in [-0.39, 0.29) is 11.8 Å². The predicted molar refractivity (Wildman–Crippen MR) is 141 cm³/mol. The van der Waals surface area contributed by atoms with Gasteiger partial charge in [-0.1, -0.05) is 0 Å². The zero-order valence-corrected chi connectivity index (χ0v) is 20.1. The van der Waals surface area contributed by atoms with Gasteiger partial charge in [-0.25, -0.2) is 0 Å². The van der Waals surface area contributed by atoms with E-state index in [1.54, 1.807) is 24.3 Å². The highest BCUT2D eigenvalue weighted by Gasteiger charge is 2.14. The van der Waals surface area contributed by atoms with Crippen LogP contribution in [0, 0.1) is 0 Å². The van der Waals surface area contributed by atoms with Crippen LogP contribution in [0.5, 0.6) is 0 Å². The number of morpholine rings is 2. The Labute approximate surface area is 210 Å². The fourth-order valence-electron chi connectivity index (χ4n) is 4.33. The Hall–Kier alpha value is -3.88. The second-order valence-corrected chi connectivity index (χ2v) is 8.78. The Morgan fingerprint density at radius 1 is 0.528 bits per heavy atom. The quantitative estimate of drug-likeness (QED) is 0.551. The first-order chi connectivity index (χ1) is 17.7. The molecule has 8 heteroatoms. The predicted octanol–water partition coefficient (Wildman–Crippen LogP) is 3.86. The van der Waals surface area contributed by atoms with Crippen LogP contribution in [0.2, 0.25) is 0 Å². The van der Waals surface area contributed by atoms with Crippen molar-refractivity contribution in [3.8, 4) is 0 Å². The number of amides is 2. The molecule has 2 fully saturated rings. The van der Waals surface area contributed by atoms with Crippen LogP contribution in [0.25, 0.3) is 0 Å². The van der Waals surface area contributed by atoms with Crippen molar-refractivity contribution in [1.29, 1.82) is 0 Å². The van der Waals surface area contributed by atoms with E-state index in [9.17, 15) is 9.59 Å². The van der Waals surface area contributed by atoms with Gasteiger partial charge in [0.2, 0.25) is 0 Å². The van der Waals surface area contributed by atoms with Gasteiger partial charge in [0.15, 0.2) is 0 Å². The van der Waals surface area contributed by atoms with Crippen LogP contribution in [0.4, 0.5) is 22.7 Å². The number of nitrogens with zero attached hydrogens (tertiary/aromatic N) is 2. The number of carbonyl (C=O) groups is 2. The molecule has 5 rings (SSSR count). The molecule has 0 bridgehead atoms. The van der Waals surface area contributed by atoms with E-state index in [1.807, 2.05) is 48.5 Å². The van der Waals surface area contributed by atoms with Gasteiger partial charge in [0, 0.05) is 60.1 Å². The normalized spacial score (nSPS) is 15.9. The first-order valence-electron chi connectivity index (χ1n) is 12.2. The highest BCUT2D eigenvalue weighted by molar-refractivity contribution is 6.07. The molecule has 2 amide bonds. The van der Waals surface area contributed by atoms with Gasteiger partial charge in [-0.05, 0) is 72.8 Å². The molecule has 0 aliphatic carbocycles. The van der Waals surface area contributed by atoms with E-state index in [0.717, 1.165) is 75.4 Å². The number of nitrogens with one attached hydrogen (secondary N) is 2. The molecule has 8 nitrogen and oxygen atoms in total. The van der Waals surface area contributed by atoms with E-state index < -0.39 is 0 Å². The van der Waals surface area contributed by atoms with Crippen molar-refractivity contribution in [3.63, 3.8) is 0 Å². The average molecular weight is 487 g/mol. The van der Waals surface area contributed by atoms with Crippen molar-refractivity contribution in [2.75, 3.05) is 73.0 Å². The van der Waals surface area contributed by atoms with Gasteiger partial charge in [0.05, 0.1) is 26.4 Å². The van der Waals surface area contributed by atoms with Gasteiger partial charge < -0.3 is 29.9 Å². The van der Waals surface area contributed by atoms with Crippen LogP contribution in [-0.4, -0.2) is 64.4 Å². The average Bonchev–Trinajstić information content (AvgIpc) is 2.95. The fraction of sp³-hybridized carbons (Fsp3) is 0.286. The Morgan fingerprint density at radius 3 is 1.19 bits per heavy atom. The molecule has 2 aliphatic heterocycles. The molecule has 3 aromatic carbocycles. The van der Waals surface area contributed by atoms with Gasteiger partial charge in [-0.2, -0.15) is 0 Å². The van der Waals surface area contributed by atoms with Gasteiger partial charge in [0.25, 0.3) is 11.8 Å². The summed E-state index contributed by atoms with van der Waals surface area (Å²) in [4.78, 5) is 29.9. The van der Waals surface area contributed by atoms with E-state index in [0.29, 0.717) is 11.1 Å². The van der Waals surface area contributed by atoms with E-state index in [1.165, 1.54) is 0 Å². The van der Waals surface area contributed by atoms with E-state index >= 15 is 0 Å². The third-order valence-corrected chi connectivity index (χ3v) is 6.41. The number of benzene rings is 3. The smallest absolute Gasteiger partial charge is 0.255 e. The van der Waals surface area contributed by atoms with Crippen molar-refractivity contribution < 1.29 is 19.1 Å². The fourth-order valence-corrected chi connectivity index (χ4v) is 4.33. The zero-order valence-electron chi connectivity index (χ0n) is 20.1. The second kappa shape index (κ2) is 11.2. The second-order valence-electron chi connectivity index (χ2n) is 8.78. The molecule has 0 atom stereocenters. The van der Waals surface area contributed by atoms with Crippen molar-refractivity contribution in [2.24, 2.45) is 0 Å². The standard InChI is InChI=1S/C28H30N4O4/c33-27(29-23-5-9-25(10-6-23)31-13-17-35-18-14-31)21-1-2-22(4-3-21)28(34)30-24-7-11-26(12-8-24)32-15-19-36-20-16-32/h1-12H,13-20H2,(H,29,33)(H,30,34). The lowest BCUT2D eigenvalue weighted by Crippen LogP contribution is -2.36. The van der Waals surface area contributed by atoms with Gasteiger partial charge in [-0.15, -0.1) is 0 Å². The Bertz CT molecular complexity index is 1070. The number of ether oxygens (including phenoxy) is 2. The summed E-state index contributed by atoms with van der Waals surface area (Å²) < 4.78 is 10.8. The highest BCUT2D eigenvalue weighted by Crippen LogP contribution is 2.21. The third-order valence-electron chi connectivity index (χ3n) is 6.41. The monoisotopic (exact) mass is 486 g/mol. The summed E-state index contributed by atoms with van der Waals surface area (Å²) in [5.41, 5.74) is 4.64. The number of hydrogen-bond acceptors (Lipinski definition) is 6. The Balaban J connectivity index is 1.15. The zero-order chi connectivity index (χ0) is 24.7. The van der Waals surface area contributed by atoms with Crippen LogP contribution in [0.1, 0.15) is 20.7 Å². The molecule has 2 saturated heterocycles. The number of hydrogen-bond donors (Lipinski definition) is 2. The first-order valence-corrected chi connectivity index (χ1v) is 12.2. The molecular formula is C28H30N4O4. The highest BCUT2D eigenvalue weighted by atomic mass is 16.5. The summed E-state index contributed by atoms with van der Waals surface area (Å²) in [5, 5.41) is 5.83. The largest absolute Gasteiger partial charge is 0.378 e. The first kappa shape index (κ1) is 23.8. The van der Waals surface area contributed by atoms with Gasteiger partial charge >= 0.3 is 0 Å². The molecule has 3 aromatic rings. The van der Waals surface area contributed by atoms with Crippen LogP contribution >= 0.6 is 0 Å².